The third-order valence-corrected chi connectivity index (χ3v) is 5.89. The SMILES string of the molecule is CCC(C(=O)OC(C(F)(F)F)C(F)(F)F)C1(OC(=O)CCC(C)(C)CC)CCCC1. The van der Waals surface area contributed by atoms with E-state index in [9.17, 15) is 35.9 Å². The minimum atomic E-state index is -5.79. The van der Waals surface area contributed by atoms with Crippen molar-refractivity contribution < 1.29 is 45.4 Å². The van der Waals surface area contributed by atoms with E-state index in [2.05, 4.69) is 4.74 Å². The molecule has 0 aliphatic heterocycles. The van der Waals surface area contributed by atoms with Gasteiger partial charge in [0.15, 0.2) is 0 Å². The number of rotatable bonds is 9. The molecule has 0 aromatic rings. The van der Waals surface area contributed by atoms with Crippen molar-refractivity contribution in [2.45, 2.75) is 103 Å². The Kier molecular flexibility index (Phi) is 8.64. The summed E-state index contributed by atoms with van der Waals surface area (Å²) in [6.45, 7) is 7.33. The van der Waals surface area contributed by atoms with Crippen molar-refractivity contribution in [1.29, 1.82) is 0 Å². The summed E-state index contributed by atoms with van der Waals surface area (Å²) >= 11 is 0. The average Bonchev–Trinajstić information content (AvgIpc) is 3.05. The van der Waals surface area contributed by atoms with E-state index in [1.165, 1.54) is 6.92 Å². The molecular weight excluding hydrogens is 418 g/mol. The van der Waals surface area contributed by atoms with Gasteiger partial charge >= 0.3 is 24.3 Å². The van der Waals surface area contributed by atoms with Gasteiger partial charge in [-0.05, 0) is 43.9 Å². The van der Waals surface area contributed by atoms with E-state index in [0.29, 0.717) is 19.3 Å². The topological polar surface area (TPSA) is 52.6 Å². The van der Waals surface area contributed by atoms with Gasteiger partial charge in [0.1, 0.15) is 5.60 Å². The van der Waals surface area contributed by atoms with Crippen molar-refractivity contribution in [3.8, 4) is 0 Å². The van der Waals surface area contributed by atoms with Crippen molar-refractivity contribution in [2.75, 3.05) is 0 Å². The summed E-state index contributed by atoms with van der Waals surface area (Å²) in [6.07, 6.45) is -13.1. The Labute approximate surface area is 172 Å². The van der Waals surface area contributed by atoms with Crippen LogP contribution in [0.1, 0.15) is 79.1 Å². The largest absolute Gasteiger partial charge is 0.458 e. The van der Waals surface area contributed by atoms with Gasteiger partial charge in [-0.2, -0.15) is 26.3 Å². The van der Waals surface area contributed by atoms with Crippen LogP contribution in [0.2, 0.25) is 0 Å². The first-order chi connectivity index (χ1) is 13.6. The van der Waals surface area contributed by atoms with Gasteiger partial charge in [-0.25, -0.2) is 0 Å². The van der Waals surface area contributed by atoms with E-state index in [1.807, 2.05) is 20.8 Å². The second kappa shape index (κ2) is 9.77. The lowest BCUT2D eigenvalue weighted by molar-refractivity contribution is -0.315. The molecule has 0 bridgehead atoms. The van der Waals surface area contributed by atoms with Crippen molar-refractivity contribution in [1.82, 2.24) is 0 Å². The molecule has 0 N–H and O–H groups in total. The molecule has 0 amide bonds. The van der Waals surface area contributed by atoms with Crippen LogP contribution in [0.15, 0.2) is 0 Å². The zero-order valence-electron chi connectivity index (χ0n) is 17.7. The lowest BCUT2D eigenvalue weighted by Gasteiger charge is -2.36. The van der Waals surface area contributed by atoms with Crippen LogP contribution in [0.25, 0.3) is 0 Å². The fourth-order valence-electron chi connectivity index (χ4n) is 3.66. The Morgan fingerprint density at radius 3 is 1.87 bits per heavy atom. The highest BCUT2D eigenvalue weighted by molar-refractivity contribution is 5.76. The van der Waals surface area contributed by atoms with Crippen LogP contribution in [-0.2, 0) is 19.1 Å². The number of hydrogen-bond donors (Lipinski definition) is 0. The monoisotopic (exact) mass is 448 g/mol. The van der Waals surface area contributed by atoms with Crippen LogP contribution >= 0.6 is 0 Å². The lowest BCUT2D eigenvalue weighted by atomic mass is 9.83. The van der Waals surface area contributed by atoms with Gasteiger partial charge in [-0.15, -0.1) is 0 Å². The molecular formula is C20H30F6O4. The van der Waals surface area contributed by atoms with Gasteiger partial charge in [0, 0.05) is 6.42 Å². The summed E-state index contributed by atoms with van der Waals surface area (Å²) in [5.41, 5.74) is -1.57. The highest BCUT2D eigenvalue weighted by atomic mass is 19.4. The number of alkyl halides is 6. The molecule has 4 nitrogen and oxygen atoms in total. The number of ether oxygens (including phenoxy) is 2. The van der Waals surface area contributed by atoms with Crippen LogP contribution in [0.4, 0.5) is 26.3 Å². The standard InChI is InChI=1S/C20H30F6O4/c1-5-13(15(28)29-16(19(21,22)23)20(24,25)26)18(10-7-8-11-18)30-14(27)9-12-17(3,4)6-2/h13,16H,5-12H2,1-4H3. The number of carbonyl (C=O) groups excluding carboxylic acids is 2. The second-order valence-electron chi connectivity index (χ2n) is 8.62. The summed E-state index contributed by atoms with van der Waals surface area (Å²) in [7, 11) is 0. The quantitative estimate of drug-likeness (QED) is 0.315. The molecule has 1 aliphatic rings. The van der Waals surface area contributed by atoms with Gasteiger partial charge in [0.05, 0.1) is 5.92 Å². The van der Waals surface area contributed by atoms with Crippen molar-refractivity contribution in [3.05, 3.63) is 0 Å². The Morgan fingerprint density at radius 2 is 1.47 bits per heavy atom. The Bertz CT molecular complexity index is 577. The van der Waals surface area contributed by atoms with Crippen molar-refractivity contribution >= 4 is 11.9 Å². The molecule has 0 saturated heterocycles. The van der Waals surface area contributed by atoms with E-state index in [4.69, 9.17) is 4.74 Å². The maximum Gasteiger partial charge on any atom is 0.434 e. The highest BCUT2D eigenvalue weighted by Crippen LogP contribution is 2.44. The molecule has 1 saturated carbocycles. The third-order valence-electron chi connectivity index (χ3n) is 5.89. The molecule has 176 valence electrons. The number of carbonyl (C=O) groups is 2. The zero-order valence-corrected chi connectivity index (χ0v) is 17.7. The molecule has 1 unspecified atom stereocenters. The van der Waals surface area contributed by atoms with Gasteiger partial charge in [-0.3, -0.25) is 9.59 Å². The highest BCUT2D eigenvalue weighted by Gasteiger charge is 2.61. The summed E-state index contributed by atoms with van der Waals surface area (Å²) in [6, 6.07) is 0. The normalized spacial score (nSPS) is 18.4. The summed E-state index contributed by atoms with van der Waals surface area (Å²) < 4.78 is 86.2. The number of halogens is 6. The smallest absolute Gasteiger partial charge is 0.434 e. The average molecular weight is 448 g/mol. The summed E-state index contributed by atoms with van der Waals surface area (Å²) in [5, 5.41) is 0. The number of esters is 2. The molecule has 1 rings (SSSR count). The molecule has 0 aromatic heterocycles. The Balaban J connectivity index is 3.01. The molecule has 10 heteroatoms. The predicted molar refractivity (Wildman–Crippen MR) is 96.4 cm³/mol. The van der Waals surface area contributed by atoms with Crippen LogP contribution in [0.5, 0.6) is 0 Å². The molecule has 1 atom stereocenters. The summed E-state index contributed by atoms with van der Waals surface area (Å²) in [4.78, 5) is 24.8. The van der Waals surface area contributed by atoms with Crippen LogP contribution in [0.3, 0.4) is 0 Å². The van der Waals surface area contributed by atoms with Crippen molar-refractivity contribution in [2.24, 2.45) is 11.3 Å². The minimum absolute atomic E-state index is 0.0435. The molecule has 30 heavy (non-hydrogen) atoms. The molecule has 0 radical (unpaired) electrons. The maximum absolute atomic E-state index is 12.8. The van der Waals surface area contributed by atoms with Crippen molar-refractivity contribution in [3.63, 3.8) is 0 Å². The maximum atomic E-state index is 12.8. The van der Waals surface area contributed by atoms with Crippen LogP contribution in [-0.4, -0.2) is 36.0 Å². The number of hydrogen-bond acceptors (Lipinski definition) is 4. The third kappa shape index (κ3) is 7.04. The Morgan fingerprint density at radius 1 is 0.967 bits per heavy atom. The van der Waals surface area contributed by atoms with Crippen LogP contribution in [0, 0.1) is 11.3 Å². The minimum Gasteiger partial charge on any atom is -0.458 e. The molecule has 0 heterocycles. The first-order valence-electron chi connectivity index (χ1n) is 10.1. The molecule has 1 fully saturated rings. The van der Waals surface area contributed by atoms with Gasteiger partial charge in [0.2, 0.25) is 0 Å². The molecule has 0 aromatic carbocycles. The first-order valence-corrected chi connectivity index (χ1v) is 10.1. The first kappa shape index (κ1) is 26.6. The predicted octanol–water partition coefficient (Wildman–Crippen LogP) is 6.12. The van der Waals surface area contributed by atoms with Gasteiger partial charge in [0.25, 0.3) is 6.10 Å². The zero-order chi connectivity index (χ0) is 23.4. The van der Waals surface area contributed by atoms with Gasteiger partial charge < -0.3 is 9.47 Å². The van der Waals surface area contributed by atoms with Crippen LogP contribution < -0.4 is 0 Å². The van der Waals surface area contributed by atoms with Gasteiger partial charge in [-0.1, -0.05) is 34.1 Å². The fraction of sp³-hybridized carbons (Fsp3) is 0.900. The molecule has 1 aliphatic carbocycles. The fourth-order valence-corrected chi connectivity index (χ4v) is 3.66. The summed E-state index contributed by atoms with van der Waals surface area (Å²) in [5.74, 6) is -3.68. The van der Waals surface area contributed by atoms with E-state index in [1.54, 1.807) is 0 Å². The molecule has 0 spiro atoms. The lowest BCUT2D eigenvalue weighted by Crippen LogP contribution is -2.50. The second-order valence-corrected chi connectivity index (χ2v) is 8.62. The van der Waals surface area contributed by atoms with E-state index >= 15 is 0 Å². The Hall–Kier alpha value is -1.48. The van der Waals surface area contributed by atoms with E-state index < -0.39 is 41.9 Å². The van der Waals surface area contributed by atoms with E-state index in [0.717, 1.165) is 6.42 Å². The van der Waals surface area contributed by atoms with E-state index in [-0.39, 0.29) is 31.1 Å².